The number of carbonyl (C=O) groups is 1. The fraction of sp³-hybridized carbons (Fsp3) is 0.222. The van der Waals surface area contributed by atoms with Gasteiger partial charge in [0, 0.05) is 18.1 Å². The lowest BCUT2D eigenvalue weighted by Crippen LogP contribution is -2.15. The lowest BCUT2D eigenvalue weighted by Gasteiger charge is -2.15. The molecule has 0 radical (unpaired) electrons. The van der Waals surface area contributed by atoms with Gasteiger partial charge in [-0.1, -0.05) is 38.1 Å². The molecule has 0 unspecified atom stereocenters. The summed E-state index contributed by atoms with van der Waals surface area (Å²) in [6.45, 7) is 6.25. The lowest BCUT2D eigenvalue weighted by molar-refractivity contribution is 0.102. The summed E-state index contributed by atoms with van der Waals surface area (Å²) in [6, 6.07) is 11.8. The van der Waals surface area contributed by atoms with Gasteiger partial charge in [-0.15, -0.1) is 0 Å². The minimum atomic E-state index is -0.181. The Balaban J connectivity index is 1.94. The number of anilines is 1. The van der Waals surface area contributed by atoms with Crippen LogP contribution in [-0.2, 0) is 0 Å². The van der Waals surface area contributed by atoms with Gasteiger partial charge in [-0.25, -0.2) is 4.98 Å². The molecule has 0 saturated carbocycles. The van der Waals surface area contributed by atoms with E-state index in [1.54, 1.807) is 6.20 Å². The Morgan fingerprint density at radius 1 is 1.18 bits per heavy atom. The van der Waals surface area contributed by atoms with E-state index in [2.05, 4.69) is 30.2 Å². The first kappa shape index (κ1) is 14.3. The number of pyridine rings is 1. The van der Waals surface area contributed by atoms with Crippen LogP contribution in [0.4, 0.5) is 5.69 Å². The standard InChI is InChI=1S/C18H19N3O/c1-12(2)14-8-6-7-13(3)17(14)20-18(22)15-11-21-10-5-4-9-16(21)19-15/h4-12H,1-3H3,(H,20,22). The summed E-state index contributed by atoms with van der Waals surface area (Å²) >= 11 is 0. The Hall–Kier alpha value is -2.62. The van der Waals surface area contributed by atoms with Gasteiger partial charge < -0.3 is 9.72 Å². The molecule has 3 aromatic rings. The monoisotopic (exact) mass is 293 g/mol. The molecular formula is C18H19N3O. The first-order valence-electron chi connectivity index (χ1n) is 7.41. The molecule has 2 aromatic heterocycles. The molecule has 22 heavy (non-hydrogen) atoms. The van der Waals surface area contributed by atoms with Gasteiger partial charge in [-0.3, -0.25) is 4.79 Å². The van der Waals surface area contributed by atoms with E-state index in [-0.39, 0.29) is 5.91 Å². The molecule has 1 N–H and O–H groups in total. The van der Waals surface area contributed by atoms with Gasteiger partial charge in [0.05, 0.1) is 0 Å². The molecule has 0 saturated heterocycles. The maximum atomic E-state index is 12.5. The molecule has 0 aliphatic heterocycles. The van der Waals surface area contributed by atoms with Crippen molar-refractivity contribution in [2.24, 2.45) is 0 Å². The van der Waals surface area contributed by atoms with Crippen molar-refractivity contribution in [3.8, 4) is 0 Å². The number of carbonyl (C=O) groups excluding carboxylic acids is 1. The zero-order valence-electron chi connectivity index (χ0n) is 13.0. The number of nitrogens with one attached hydrogen (secondary N) is 1. The fourth-order valence-corrected chi connectivity index (χ4v) is 2.56. The SMILES string of the molecule is Cc1cccc(C(C)C)c1NC(=O)c1cn2ccccc2n1. The maximum absolute atomic E-state index is 12.5. The molecule has 1 aromatic carbocycles. The van der Waals surface area contributed by atoms with Gasteiger partial charge in [0.2, 0.25) is 0 Å². The summed E-state index contributed by atoms with van der Waals surface area (Å²) in [4.78, 5) is 16.9. The number of amides is 1. The molecule has 4 nitrogen and oxygen atoms in total. The van der Waals surface area contributed by atoms with Crippen LogP contribution in [0.15, 0.2) is 48.8 Å². The summed E-state index contributed by atoms with van der Waals surface area (Å²) in [5, 5.41) is 3.02. The van der Waals surface area contributed by atoms with Gasteiger partial charge >= 0.3 is 0 Å². The van der Waals surface area contributed by atoms with Crippen molar-refractivity contribution in [2.45, 2.75) is 26.7 Å². The lowest BCUT2D eigenvalue weighted by atomic mass is 9.98. The number of rotatable bonds is 3. The van der Waals surface area contributed by atoms with Crippen molar-refractivity contribution >= 4 is 17.2 Å². The molecule has 0 aliphatic rings. The van der Waals surface area contributed by atoms with E-state index >= 15 is 0 Å². The van der Waals surface area contributed by atoms with Crippen LogP contribution in [0, 0.1) is 6.92 Å². The second kappa shape index (κ2) is 5.64. The van der Waals surface area contributed by atoms with Crippen molar-refractivity contribution in [1.29, 1.82) is 0 Å². The number of hydrogen-bond acceptors (Lipinski definition) is 2. The van der Waals surface area contributed by atoms with E-state index in [4.69, 9.17) is 0 Å². The highest BCUT2D eigenvalue weighted by atomic mass is 16.1. The Bertz CT molecular complexity index is 800. The molecule has 112 valence electrons. The number of aryl methyl sites for hydroxylation is 1. The van der Waals surface area contributed by atoms with Crippen LogP contribution >= 0.6 is 0 Å². The number of para-hydroxylation sites is 1. The predicted octanol–water partition coefficient (Wildman–Crippen LogP) is 4.02. The van der Waals surface area contributed by atoms with Gasteiger partial charge in [0.15, 0.2) is 0 Å². The van der Waals surface area contributed by atoms with Crippen LogP contribution in [-0.4, -0.2) is 15.3 Å². The third-order valence-electron chi connectivity index (χ3n) is 3.76. The Kier molecular flexibility index (Phi) is 3.67. The molecule has 2 heterocycles. The normalized spacial score (nSPS) is 11.1. The van der Waals surface area contributed by atoms with Gasteiger partial charge in [-0.2, -0.15) is 0 Å². The number of hydrogen-bond donors (Lipinski definition) is 1. The van der Waals surface area contributed by atoms with Crippen LogP contribution in [0.25, 0.3) is 5.65 Å². The van der Waals surface area contributed by atoms with Crippen molar-refractivity contribution in [1.82, 2.24) is 9.38 Å². The zero-order valence-corrected chi connectivity index (χ0v) is 13.0. The topological polar surface area (TPSA) is 46.4 Å². The van der Waals surface area contributed by atoms with E-state index in [1.165, 1.54) is 0 Å². The average Bonchev–Trinajstić information content (AvgIpc) is 2.93. The van der Waals surface area contributed by atoms with Crippen LogP contribution in [0.5, 0.6) is 0 Å². The molecule has 0 bridgehead atoms. The summed E-state index contributed by atoms with van der Waals surface area (Å²) in [6.07, 6.45) is 3.63. The van der Waals surface area contributed by atoms with Crippen LogP contribution in [0.3, 0.4) is 0 Å². The van der Waals surface area contributed by atoms with E-state index in [1.807, 2.05) is 47.9 Å². The smallest absolute Gasteiger partial charge is 0.275 e. The first-order chi connectivity index (χ1) is 10.6. The molecular weight excluding hydrogens is 274 g/mol. The summed E-state index contributed by atoms with van der Waals surface area (Å²) in [5.74, 6) is 0.163. The molecule has 1 amide bonds. The second-order valence-corrected chi connectivity index (χ2v) is 5.74. The molecule has 4 heteroatoms. The van der Waals surface area contributed by atoms with Crippen molar-refractivity contribution in [2.75, 3.05) is 5.32 Å². The number of aromatic nitrogens is 2. The summed E-state index contributed by atoms with van der Waals surface area (Å²) in [5.41, 5.74) is 4.27. The van der Waals surface area contributed by atoms with E-state index in [0.29, 0.717) is 11.6 Å². The minimum absolute atomic E-state index is 0.181. The summed E-state index contributed by atoms with van der Waals surface area (Å²) in [7, 11) is 0. The third-order valence-corrected chi connectivity index (χ3v) is 3.76. The second-order valence-electron chi connectivity index (χ2n) is 5.74. The predicted molar refractivity (Wildman–Crippen MR) is 88.4 cm³/mol. The molecule has 0 fully saturated rings. The number of imidazole rings is 1. The molecule has 0 atom stereocenters. The number of nitrogens with zero attached hydrogens (tertiary/aromatic N) is 2. The van der Waals surface area contributed by atoms with Crippen LogP contribution in [0.2, 0.25) is 0 Å². The Labute approximate surface area is 129 Å². The molecule has 0 spiro atoms. The van der Waals surface area contributed by atoms with E-state index < -0.39 is 0 Å². The van der Waals surface area contributed by atoms with Gasteiger partial charge in [0.1, 0.15) is 11.3 Å². The highest BCUT2D eigenvalue weighted by Gasteiger charge is 2.15. The highest BCUT2D eigenvalue weighted by molar-refractivity contribution is 6.04. The van der Waals surface area contributed by atoms with Crippen molar-refractivity contribution in [3.05, 3.63) is 65.6 Å². The zero-order chi connectivity index (χ0) is 15.7. The van der Waals surface area contributed by atoms with Gasteiger partial charge in [-0.05, 0) is 36.1 Å². The highest BCUT2D eigenvalue weighted by Crippen LogP contribution is 2.27. The average molecular weight is 293 g/mol. The van der Waals surface area contributed by atoms with E-state index in [9.17, 15) is 4.79 Å². The maximum Gasteiger partial charge on any atom is 0.275 e. The largest absolute Gasteiger partial charge is 0.320 e. The first-order valence-corrected chi connectivity index (χ1v) is 7.41. The van der Waals surface area contributed by atoms with Crippen molar-refractivity contribution in [3.63, 3.8) is 0 Å². The number of fused-ring (bicyclic) bond motifs is 1. The van der Waals surface area contributed by atoms with Crippen LogP contribution < -0.4 is 5.32 Å². The summed E-state index contributed by atoms with van der Waals surface area (Å²) < 4.78 is 1.84. The third kappa shape index (κ3) is 2.60. The molecule has 3 rings (SSSR count). The fourth-order valence-electron chi connectivity index (χ4n) is 2.56. The quantitative estimate of drug-likeness (QED) is 0.793. The Morgan fingerprint density at radius 2 is 2.00 bits per heavy atom. The minimum Gasteiger partial charge on any atom is -0.320 e. The number of benzene rings is 1. The van der Waals surface area contributed by atoms with E-state index in [0.717, 1.165) is 22.5 Å². The Morgan fingerprint density at radius 3 is 2.73 bits per heavy atom. The molecule has 0 aliphatic carbocycles. The van der Waals surface area contributed by atoms with Crippen LogP contribution in [0.1, 0.15) is 41.4 Å². The van der Waals surface area contributed by atoms with Crippen molar-refractivity contribution < 1.29 is 4.79 Å². The van der Waals surface area contributed by atoms with Gasteiger partial charge in [0.25, 0.3) is 5.91 Å².